The molecule has 0 saturated heterocycles. The van der Waals surface area contributed by atoms with Gasteiger partial charge in [0.25, 0.3) is 0 Å². The topological polar surface area (TPSA) is 60.9 Å². The number of hydrogen-bond donors (Lipinski definition) is 1. The van der Waals surface area contributed by atoms with Crippen molar-refractivity contribution in [2.24, 2.45) is 5.73 Å². The number of halogens is 1. The molecular weight excluding hydrogens is 178 g/mol. The maximum atomic E-state index is 10.4. The van der Waals surface area contributed by atoms with Crippen LogP contribution < -0.4 is 5.73 Å². The van der Waals surface area contributed by atoms with Crippen LogP contribution in [0.5, 0.6) is 0 Å². The molecule has 1 heterocycles. The predicted molar refractivity (Wildman–Crippen MR) is 45.6 cm³/mol. The van der Waals surface area contributed by atoms with Gasteiger partial charge in [0.05, 0.1) is 17.9 Å². The van der Waals surface area contributed by atoms with Crippen molar-refractivity contribution in [1.29, 1.82) is 0 Å². The number of imidazole rings is 1. The first-order valence-corrected chi connectivity index (χ1v) is 4.10. The van der Waals surface area contributed by atoms with E-state index in [1.54, 1.807) is 12.5 Å². The molecule has 0 unspecified atom stereocenters. The molecule has 1 aromatic heterocycles. The van der Waals surface area contributed by atoms with Crippen LogP contribution in [0, 0.1) is 0 Å². The van der Waals surface area contributed by atoms with Crippen LogP contribution in [-0.4, -0.2) is 15.5 Å². The summed E-state index contributed by atoms with van der Waals surface area (Å²) >= 11 is 5.61. The minimum absolute atomic E-state index is 0.316. The molecule has 5 heteroatoms. The number of nitrogens with zero attached hydrogens (tertiary/aromatic N) is 2. The summed E-state index contributed by atoms with van der Waals surface area (Å²) in [7, 11) is 0. The number of hydrogen-bond acceptors (Lipinski definition) is 2. The Kier molecular flexibility index (Phi) is 3.10. The number of amides is 1. The molecule has 0 aromatic carbocycles. The van der Waals surface area contributed by atoms with Crippen molar-refractivity contribution in [3.63, 3.8) is 0 Å². The summed E-state index contributed by atoms with van der Waals surface area (Å²) in [4.78, 5) is 14.3. The molecule has 1 amide bonds. The average Bonchev–Trinajstić information content (AvgIpc) is 2.47. The van der Waals surface area contributed by atoms with Gasteiger partial charge in [-0.1, -0.05) is 0 Å². The van der Waals surface area contributed by atoms with Crippen LogP contribution in [0.4, 0.5) is 0 Å². The zero-order chi connectivity index (χ0) is 8.97. The van der Waals surface area contributed by atoms with Gasteiger partial charge in [0, 0.05) is 19.2 Å². The van der Waals surface area contributed by atoms with Gasteiger partial charge in [-0.25, -0.2) is 4.98 Å². The third-order valence-corrected chi connectivity index (χ3v) is 1.81. The van der Waals surface area contributed by atoms with Gasteiger partial charge in [-0.15, -0.1) is 11.6 Å². The summed E-state index contributed by atoms with van der Waals surface area (Å²) in [6.45, 7) is 0.553. The van der Waals surface area contributed by atoms with Gasteiger partial charge in [0.2, 0.25) is 5.91 Å². The van der Waals surface area contributed by atoms with E-state index in [1.807, 2.05) is 4.57 Å². The number of carbonyl (C=O) groups excluding carboxylic acids is 1. The average molecular weight is 188 g/mol. The highest BCUT2D eigenvalue weighted by atomic mass is 35.5. The minimum Gasteiger partial charge on any atom is -0.370 e. The van der Waals surface area contributed by atoms with Gasteiger partial charge >= 0.3 is 0 Å². The highest BCUT2D eigenvalue weighted by molar-refractivity contribution is 6.16. The molecule has 0 spiro atoms. The lowest BCUT2D eigenvalue weighted by molar-refractivity contribution is -0.118. The Morgan fingerprint density at radius 1 is 1.75 bits per heavy atom. The minimum atomic E-state index is -0.316. The van der Waals surface area contributed by atoms with Crippen molar-refractivity contribution in [2.45, 2.75) is 18.8 Å². The summed E-state index contributed by atoms with van der Waals surface area (Å²) in [5.41, 5.74) is 5.90. The normalized spacial score (nSPS) is 10.1. The number of carbonyl (C=O) groups is 1. The Hall–Kier alpha value is -1.03. The van der Waals surface area contributed by atoms with Crippen molar-refractivity contribution in [1.82, 2.24) is 9.55 Å². The van der Waals surface area contributed by atoms with E-state index in [0.29, 0.717) is 18.8 Å². The van der Waals surface area contributed by atoms with Gasteiger partial charge in [0.1, 0.15) is 0 Å². The van der Waals surface area contributed by atoms with E-state index in [4.69, 9.17) is 17.3 Å². The number of aryl methyl sites for hydroxylation is 1. The van der Waals surface area contributed by atoms with Crippen molar-refractivity contribution in [3.05, 3.63) is 18.2 Å². The Bertz CT molecular complexity index is 271. The van der Waals surface area contributed by atoms with Gasteiger partial charge < -0.3 is 10.3 Å². The lowest BCUT2D eigenvalue weighted by Crippen LogP contribution is -2.14. The fourth-order valence-corrected chi connectivity index (χ4v) is 1.11. The van der Waals surface area contributed by atoms with E-state index in [1.165, 1.54) is 0 Å². The summed E-state index contributed by atoms with van der Waals surface area (Å²) < 4.78 is 1.82. The van der Waals surface area contributed by atoms with Gasteiger partial charge in [-0.3, -0.25) is 4.79 Å². The number of alkyl halides is 1. The standard InChI is InChI=1S/C7H10ClN3O/c8-3-6-4-10-5-11(6)2-1-7(9)12/h4-5H,1-3H2,(H2,9,12). The molecule has 2 N–H and O–H groups in total. The molecule has 12 heavy (non-hydrogen) atoms. The van der Waals surface area contributed by atoms with Gasteiger partial charge in [-0.05, 0) is 0 Å². The van der Waals surface area contributed by atoms with E-state index >= 15 is 0 Å². The van der Waals surface area contributed by atoms with Crippen LogP contribution in [0.3, 0.4) is 0 Å². The first-order chi connectivity index (χ1) is 5.74. The molecular formula is C7H10ClN3O. The Morgan fingerprint density at radius 3 is 3.08 bits per heavy atom. The molecule has 0 aliphatic carbocycles. The van der Waals surface area contributed by atoms with E-state index in [2.05, 4.69) is 4.98 Å². The lowest BCUT2D eigenvalue weighted by Gasteiger charge is -2.02. The van der Waals surface area contributed by atoms with Crippen LogP contribution in [0.2, 0.25) is 0 Å². The van der Waals surface area contributed by atoms with Crippen molar-refractivity contribution < 1.29 is 4.79 Å². The van der Waals surface area contributed by atoms with Crippen LogP contribution in [0.1, 0.15) is 12.1 Å². The number of nitrogens with two attached hydrogens (primary N) is 1. The second-order valence-electron chi connectivity index (χ2n) is 2.43. The number of primary amides is 1. The van der Waals surface area contributed by atoms with Crippen LogP contribution >= 0.6 is 11.6 Å². The first kappa shape index (κ1) is 9.06. The van der Waals surface area contributed by atoms with Crippen molar-refractivity contribution >= 4 is 17.5 Å². The van der Waals surface area contributed by atoms with E-state index in [-0.39, 0.29) is 5.91 Å². The van der Waals surface area contributed by atoms with E-state index < -0.39 is 0 Å². The molecule has 4 nitrogen and oxygen atoms in total. The maximum Gasteiger partial charge on any atom is 0.219 e. The van der Waals surface area contributed by atoms with Crippen LogP contribution in [-0.2, 0) is 17.2 Å². The van der Waals surface area contributed by atoms with Gasteiger partial charge in [-0.2, -0.15) is 0 Å². The summed E-state index contributed by atoms with van der Waals surface area (Å²) in [6.07, 6.45) is 3.63. The highest BCUT2D eigenvalue weighted by Gasteiger charge is 2.01. The third-order valence-electron chi connectivity index (χ3n) is 1.53. The molecule has 0 aliphatic heterocycles. The fourth-order valence-electron chi connectivity index (χ4n) is 0.891. The zero-order valence-electron chi connectivity index (χ0n) is 6.53. The molecule has 1 aromatic rings. The van der Waals surface area contributed by atoms with E-state index in [9.17, 15) is 4.79 Å². The second kappa shape index (κ2) is 4.11. The molecule has 0 aliphatic rings. The molecule has 66 valence electrons. The highest BCUT2D eigenvalue weighted by Crippen LogP contribution is 2.03. The number of rotatable bonds is 4. The maximum absolute atomic E-state index is 10.4. The molecule has 0 bridgehead atoms. The smallest absolute Gasteiger partial charge is 0.219 e. The molecule has 0 radical (unpaired) electrons. The third kappa shape index (κ3) is 2.23. The summed E-state index contributed by atoms with van der Waals surface area (Å²) in [5.74, 6) is 0.0860. The molecule has 0 fully saturated rings. The number of aromatic nitrogens is 2. The predicted octanol–water partition coefficient (Wildman–Crippen LogP) is 0.497. The Labute approximate surface area is 75.3 Å². The van der Waals surface area contributed by atoms with Crippen molar-refractivity contribution in [3.8, 4) is 0 Å². The SMILES string of the molecule is NC(=O)CCn1cncc1CCl. The lowest BCUT2D eigenvalue weighted by atomic mass is 10.4. The fraction of sp³-hybridized carbons (Fsp3) is 0.429. The largest absolute Gasteiger partial charge is 0.370 e. The first-order valence-electron chi connectivity index (χ1n) is 3.57. The Balaban J connectivity index is 2.56. The summed E-state index contributed by atoms with van der Waals surface area (Å²) in [5, 5.41) is 0. The van der Waals surface area contributed by atoms with Crippen LogP contribution in [0.25, 0.3) is 0 Å². The molecule has 0 saturated carbocycles. The monoisotopic (exact) mass is 187 g/mol. The quantitative estimate of drug-likeness (QED) is 0.698. The summed E-state index contributed by atoms with van der Waals surface area (Å²) in [6, 6.07) is 0. The second-order valence-corrected chi connectivity index (χ2v) is 2.70. The van der Waals surface area contributed by atoms with Gasteiger partial charge in [0.15, 0.2) is 0 Å². The van der Waals surface area contributed by atoms with Crippen LogP contribution in [0.15, 0.2) is 12.5 Å². The molecule has 1 rings (SSSR count). The van der Waals surface area contributed by atoms with Crippen molar-refractivity contribution in [2.75, 3.05) is 0 Å². The molecule has 0 atom stereocenters. The Morgan fingerprint density at radius 2 is 2.50 bits per heavy atom. The zero-order valence-corrected chi connectivity index (χ0v) is 7.29. The van der Waals surface area contributed by atoms with E-state index in [0.717, 1.165) is 5.69 Å².